The SMILES string of the molecule is C=CCN1C(=O)CC(=C)C1=O. The summed E-state index contributed by atoms with van der Waals surface area (Å²) in [5.41, 5.74) is 0.372. The number of carbonyl (C=O) groups is 2. The lowest BCUT2D eigenvalue weighted by Crippen LogP contribution is -2.29. The van der Waals surface area contributed by atoms with Crippen LogP contribution in [-0.2, 0) is 9.59 Å². The highest BCUT2D eigenvalue weighted by Gasteiger charge is 2.30. The second-order valence-electron chi connectivity index (χ2n) is 2.38. The monoisotopic (exact) mass is 151 g/mol. The maximum absolute atomic E-state index is 11.1. The van der Waals surface area contributed by atoms with E-state index in [1.807, 2.05) is 0 Å². The molecule has 0 saturated carbocycles. The molecule has 0 radical (unpaired) electrons. The van der Waals surface area contributed by atoms with Gasteiger partial charge in [-0.25, -0.2) is 0 Å². The summed E-state index contributed by atoms with van der Waals surface area (Å²) in [5.74, 6) is -0.449. The summed E-state index contributed by atoms with van der Waals surface area (Å²) >= 11 is 0. The van der Waals surface area contributed by atoms with Crippen molar-refractivity contribution in [3.8, 4) is 0 Å². The van der Waals surface area contributed by atoms with Gasteiger partial charge in [-0.2, -0.15) is 0 Å². The largest absolute Gasteiger partial charge is 0.275 e. The van der Waals surface area contributed by atoms with Crippen molar-refractivity contribution in [2.24, 2.45) is 0 Å². The molecule has 1 aliphatic rings. The molecule has 0 aromatic rings. The predicted molar refractivity (Wildman–Crippen MR) is 40.7 cm³/mol. The number of likely N-dealkylation sites (tertiary alicyclic amines) is 1. The van der Waals surface area contributed by atoms with E-state index >= 15 is 0 Å². The Kier molecular flexibility index (Phi) is 1.89. The van der Waals surface area contributed by atoms with Crippen molar-refractivity contribution in [3.05, 3.63) is 24.8 Å². The van der Waals surface area contributed by atoms with Crippen LogP contribution < -0.4 is 0 Å². The number of nitrogens with zero attached hydrogens (tertiary/aromatic N) is 1. The van der Waals surface area contributed by atoms with Crippen molar-refractivity contribution in [3.63, 3.8) is 0 Å². The summed E-state index contributed by atoms with van der Waals surface area (Å²) < 4.78 is 0. The number of hydrogen-bond acceptors (Lipinski definition) is 2. The van der Waals surface area contributed by atoms with Crippen molar-refractivity contribution >= 4 is 11.8 Å². The van der Waals surface area contributed by atoms with Gasteiger partial charge in [-0.3, -0.25) is 14.5 Å². The molecule has 1 fully saturated rings. The topological polar surface area (TPSA) is 37.4 Å². The molecule has 0 aromatic heterocycles. The molecule has 2 amide bonds. The van der Waals surface area contributed by atoms with Crippen LogP contribution in [0.15, 0.2) is 24.8 Å². The molecule has 0 aliphatic carbocycles. The van der Waals surface area contributed by atoms with E-state index in [4.69, 9.17) is 0 Å². The van der Waals surface area contributed by atoms with Gasteiger partial charge >= 0.3 is 0 Å². The van der Waals surface area contributed by atoms with Gasteiger partial charge in [0.15, 0.2) is 0 Å². The van der Waals surface area contributed by atoms with Crippen LogP contribution in [0.4, 0.5) is 0 Å². The fraction of sp³-hybridized carbons (Fsp3) is 0.250. The second-order valence-corrected chi connectivity index (χ2v) is 2.38. The summed E-state index contributed by atoms with van der Waals surface area (Å²) in [6, 6.07) is 0. The van der Waals surface area contributed by atoms with Gasteiger partial charge in [-0.05, 0) is 0 Å². The summed E-state index contributed by atoms with van der Waals surface area (Å²) in [7, 11) is 0. The first-order chi connectivity index (χ1) is 5.16. The zero-order chi connectivity index (χ0) is 8.43. The standard InChI is InChI=1S/C8H9NO2/c1-3-4-9-7(10)5-6(2)8(9)11/h3H,1-2,4-5H2. The van der Waals surface area contributed by atoms with Gasteiger partial charge in [0.05, 0.1) is 6.42 Å². The van der Waals surface area contributed by atoms with Crippen LogP contribution in [0.25, 0.3) is 0 Å². The highest BCUT2D eigenvalue weighted by Crippen LogP contribution is 2.15. The van der Waals surface area contributed by atoms with E-state index in [9.17, 15) is 9.59 Å². The van der Waals surface area contributed by atoms with E-state index in [2.05, 4.69) is 13.2 Å². The highest BCUT2D eigenvalue weighted by atomic mass is 16.2. The van der Waals surface area contributed by atoms with Gasteiger partial charge in [0, 0.05) is 12.1 Å². The van der Waals surface area contributed by atoms with Gasteiger partial charge in [0.1, 0.15) is 0 Å². The van der Waals surface area contributed by atoms with Crippen molar-refractivity contribution in [1.29, 1.82) is 0 Å². The summed E-state index contributed by atoms with van der Waals surface area (Å²) in [5, 5.41) is 0. The van der Waals surface area contributed by atoms with Crippen LogP contribution in [0.5, 0.6) is 0 Å². The Balaban J connectivity index is 2.79. The second kappa shape index (κ2) is 2.70. The van der Waals surface area contributed by atoms with Crippen LogP contribution in [0.3, 0.4) is 0 Å². The summed E-state index contributed by atoms with van der Waals surface area (Å²) in [6.07, 6.45) is 1.68. The Morgan fingerprint density at radius 2 is 2.18 bits per heavy atom. The molecule has 58 valence electrons. The molecule has 0 aromatic carbocycles. The van der Waals surface area contributed by atoms with Gasteiger partial charge in [-0.1, -0.05) is 12.7 Å². The first-order valence-corrected chi connectivity index (χ1v) is 3.30. The van der Waals surface area contributed by atoms with E-state index in [0.717, 1.165) is 4.90 Å². The molecule has 1 rings (SSSR count). The Morgan fingerprint density at radius 3 is 2.55 bits per heavy atom. The van der Waals surface area contributed by atoms with E-state index in [1.54, 1.807) is 0 Å². The van der Waals surface area contributed by atoms with E-state index in [-0.39, 0.29) is 24.8 Å². The third kappa shape index (κ3) is 1.22. The molecule has 3 heteroatoms. The molecule has 1 aliphatic heterocycles. The average molecular weight is 151 g/mol. The minimum absolute atomic E-state index is 0.159. The zero-order valence-corrected chi connectivity index (χ0v) is 6.17. The third-order valence-corrected chi connectivity index (χ3v) is 1.52. The average Bonchev–Trinajstić information content (AvgIpc) is 2.17. The van der Waals surface area contributed by atoms with Crippen LogP contribution in [0.2, 0.25) is 0 Å². The Labute approximate surface area is 65.0 Å². The van der Waals surface area contributed by atoms with Crippen LogP contribution in [-0.4, -0.2) is 23.3 Å². The van der Waals surface area contributed by atoms with E-state index in [1.165, 1.54) is 6.08 Å². The maximum Gasteiger partial charge on any atom is 0.256 e. The number of carbonyl (C=O) groups excluding carboxylic acids is 2. The molecule has 11 heavy (non-hydrogen) atoms. The minimum atomic E-state index is -0.269. The highest BCUT2D eigenvalue weighted by molar-refractivity contribution is 6.13. The molecule has 0 N–H and O–H groups in total. The molecule has 1 heterocycles. The molecule has 3 nitrogen and oxygen atoms in total. The van der Waals surface area contributed by atoms with Gasteiger partial charge in [0.2, 0.25) is 5.91 Å². The van der Waals surface area contributed by atoms with E-state index < -0.39 is 0 Å². The van der Waals surface area contributed by atoms with Gasteiger partial charge < -0.3 is 0 Å². The molecule has 0 unspecified atom stereocenters. The molecule has 0 spiro atoms. The fourth-order valence-electron chi connectivity index (χ4n) is 0.972. The van der Waals surface area contributed by atoms with Crippen LogP contribution in [0.1, 0.15) is 6.42 Å². The van der Waals surface area contributed by atoms with Crippen molar-refractivity contribution in [2.75, 3.05) is 6.54 Å². The van der Waals surface area contributed by atoms with Gasteiger partial charge in [-0.15, -0.1) is 6.58 Å². The van der Waals surface area contributed by atoms with Crippen LogP contribution in [0, 0.1) is 0 Å². The normalized spacial score (nSPS) is 17.8. The number of amides is 2. The lowest BCUT2D eigenvalue weighted by atomic mass is 10.3. The first kappa shape index (κ1) is 7.72. The van der Waals surface area contributed by atoms with Crippen molar-refractivity contribution in [2.45, 2.75) is 6.42 Å². The summed E-state index contributed by atoms with van der Waals surface area (Å²) in [4.78, 5) is 23.2. The predicted octanol–water partition coefficient (Wildman–Crippen LogP) is 0.488. The smallest absolute Gasteiger partial charge is 0.256 e. The quantitative estimate of drug-likeness (QED) is 0.327. The Hall–Kier alpha value is -1.38. The Bertz CT molecular complexity index is 242. The van der Waals surface area contributed by atoms with Crippen molar-refractivity contribution in [1.82, 2.24) is 4.90 Å². The van der Waals surface area contributed by atoms with E-state index in [0.29, 0.717) is 5.57 Å². The fourth-order valence-corrected chi connectivity index (χ4v) is 0.972. The van der Waals surface area contributed by atoms with Gasteiger partial charge in [0.25, 0.3) is 5.91 Å². The molecular formula is C8H9NO2. The first-order valence-electron chi connectivity index (χ1n) is 3.30. The lowest BCUT2D eigenvalue weighted by Gasteiger charge is -2.08. The van der Waals surface area contributed by atoms with Crippen LogP contribution >= 0.6 is 0 Å². The molecule has 1 saturated heterocycles. The Morgan fingerprint density at radius 1 is 1.55 bits per heavy atom. The number of hydrogen-bond donors (Lipinski definition) is 0. The van der Waals surface area contributed by atoms with Crippen molar-refractivity contribution < 1.29 is 9.59 Å². The lowest BCUT2D eigenvalue weighted by molar-refractivity contribution is -0.136. The molecule has 0 atom stereocenters. The minimum Gasteiger partial charge on any atom is -0.275 e. The summed E-state index contributed by atoms with van der Waals surface area (Å²) in [6.45, 7) is 7.20. The maximum atomic E-state index is 11.1. The molecule has 0 bridgehead atoms. The number of rotatable bonds is 2. The zero-order valence-electron chi connectivity index (χ0n) is 6.17. The molecular weight excluding hydrogens is 142 g/mol. The number of imide groups is 1. The third-order valence-electron chi connectivity index (χ3n) is 1.52.